The fraction of sp³-hybridized carbons (Fsp3) is 0.500. The van der Waals surface area contributed by atoms with Crippen molar-refractivity contribution in [3.63, 3.8) is 0 Å². The summed E-state index contributed by atoms with van der Waals surface area (Å²) in [6.07, 6.45) is 0. The number of nitrogens with zero attached hydrogens (tertiary/aromatic N) is 1. The van der Waals surface area contributed by atoms with Gasteiger partial charge in [-0.05, 0) is 30.0 Å². The molecule has 0 amide bonds. The van der Waals surface area contributed by atoms with Crippen molar-refractivity contribution in [2.24, 2.45) is 11.7 Å². The average molecular weight is 254 g/mol. The molecule has 1 aromatic carbocycles. The number of benzene rings is 1. The standard InChI is InChI=1S/C12H18N2O4/c1-7(2)9(6-13)8-4-10(14(16)17)12(15)11(5-8)18-3/h4-5,7,9,15H,6,13H2,1-3H3. The Morgan fingerprint density at radius 2 is 2.11 bits per heavy atom. The second-order valence-electron chi connectivity index (χ2n) is 4.43. The lowest BCUT2D eigenvalue weighted by atomic mass is 9.88. The van der Waals surface area contributed by atoms with Gasteiger partial charge in [0.2, 0.25) is 5.75 Å². The number of ether oxygens (including phenoxy) is 1. The molecule has 6 nitrogen and oxygen atoms in total. The van der Waals surface area contributed by atoms with E-state index in [-0.39, 0.29) is 23.3 Å². The summed E-state index contributed by atoms with van der Waals surface area (Å²) >= 11 is 0. The van der Waals surface area contributed by atoms with Gasteiger partial charge in [-0.1, -0.05) is 13.8 Å². The van der Waals surface area contributed by atoms with E-state index >= 15 is 0 Å². The zero-order valence-corrected chi connectivity index (χ0v) is 10.7. The Kier molecular flexibility index (Phi) is 4.49. The maximum absolute atomic E-state index is 10.9. The molecule has 0 saturated heterocycles. The maximum atomic E-state index is 10.9. The Bertz CT molecular complexity index is 446. The van der Waals surface area contributed by atoms with Gasteiger partial charge in [-0.25, -0.2) is 0 Å². The van der Waals surface area contributed by atoms with E-state index in [0.29, 0.717) is 12.1 Å². The number of nitro groups is 1. The van der Waals surface area contributed by atoms with Crippen molar-refractivity contribution in [2.75, 3.05) is 13.7 Å². The van der Waals surface area contributed by atoms with Gasteiger partial charge < -0.3 is 15.6 Å². The van der Waals surface area contributed by atoms with Gasteiger partial charge in [0, 0.05) is 6.07 Å². The third-order valence-corrected chi connectivity index (χ3v) is 2.98. The van der Waals surface area contributed by atoms with Crippen LogP contribution in [-0.4, -0.2) is 23.7 Å². The summed E-state index contributed by atoms with van der Waals surface area (Å²) in [5.74, 6) is -0.133. The highest BCUT2D eigenvalue weighted by molar-refractivity contribution is 5.57. The summed E-state index contributed by atoms with van der Waals surface area (Å²) in [4.78, 5) is 10.3. The summed E-state index contributed by atoms with van der Waals surface area (Å²) in [5, 5.41) is 20.6. The second-order valence-corrected chi connectivity index (χ2v) is 4.43. The molecule has 0 saturated carbocycles. The van der Waals surface area contributed by atoms with Gasteiger partial charge in [0.1, 0.15) is 0 Å². The van der Waals surface area contributed by atoms with Crippen LogP contribution in [0.5, 0.6) is 11.5 Å². The first kappa shape index (κ1) is 14.2. The number of nitro benzene ring substituents is 1. The predicted octanol–water partition coefficient (Wildman–Crippen LogP) is 2.01. The van der Waals surface area contributed by atoms with E-state index in [1.165, 1.54) is 13.2 Å². The van der Waals surface area contributed by atoms with E-state index in [9.17, 15) is 15.2 Å². The van der Waals surface area contributed by atoms with Gasteiger partial charge in [0.15, 0.2) is 5.75 Å². The summed E-state index contributed by atoms with van der Waals surface area (Å²) in [6, 6.07) is 2.95. The highest BCUT2D eigenvalue weighted by Crippen LogP contribution is 2.39. The number of rotatable bonds is 5. The molecule has 6 heteroatoms. The molecule has 0 aromatic heterocycles. The number of phenolic OH excluding ortho intramolecular Hbond substituents is 1. The quantitative estimate of drug-likeness (QED) is 0.618. The molecule has 3 N–H and O–H groups in total. The molecule has 0 bridgehead atoms. The number of nitrogens with two attached hydrogens (primary N) is 1. The first-order chi connectivity index (χ1) is 8.42. The number of aromatic hydroxyl groups is 1. The van der Waals surface area contributed by atoms with Gasteiger partial charge in [0.25, 0.3) is 0 Å². The van der Waals surface area contributed by atoms with Crippen LogP contribution in [-0.2, 0) is 0 Å². The molecule has 100 valence electrons. The van der Waals surface area contributed by atoms with E-state index in [1.54, 1.807) is 6.07 Å². The Morgan fingerprint density at radius 3 is 2.50 bits per heavy atom. The molecule has 0 heterocycles. The zero-order valence-electron chi connectivity index (χ0n) is 10.7. The van der Waals surface area contributed by atoms with E-state index < -0.39 is 10.7 Å². The summed E-state index contributed by atoms with van der Waals surface area (Å²) < 4.78 is 4.96. The van der Waals surface area contributed by atoms with Crippen LogP contribution in [0.3, 0.4) is 0 Å². The van der Waals surface area contributed by atoms with Gasteiger partial charge in [-0.15, -0.1) is 0 Å². The minimum absolute atomic E-state index is 0.0156. The van der Waals surface area contributed by atoms with Crippen molar-refractivity contribution in [2.45, 2.75) is 19.8 Å². The normalized spacial score (nSPS) is 12.5. The smallest absolute Gasteiger partial charge is 0.314 e. The molecule has 1 atom stereocenters. The Morgan fingerprint density at radius 1 is 1.50 bits per heavy atom. The van der Waals surface area contributed by atoms with Crippen molar-refractivity contribution >= 4 is 5.69 Å². The molecule has 1 rings (SSSR count). The summed E-state index contributed by atoms with van der Waals surface area (Å²) in [7, 11) is 1.36. The lowest BCUT2D eigenvalue weighted by Crippen LogP contribution is -2.18. The first-order valence-electron chi connectivity index (χ1n) is 5.67. The lowest BCUT2D eigenvalue weighted by Gasteiger charge is -2.20. The van der Waals surface area contributed by atoms with E-state index in [4.69, 9.17) is 10.5 Å². The Balaban J connectivity index is 3.37. The van der Waals surface area contributed by atoms with Crippen LogP contribution in [0.25, 0.3) is 0 Å². The van der Waals surface area contributed by atoms with E-state index in [1.807, 2.05) is 13.8 Å². The molecule has 0 aliphatic rings. The monoisotopic (exact) mass is 254 g/mol. The summed E-state index contributed by atoms with van der Waals surface area (Å²) in [5.41, 5.74) is 6.03. The Labute approximate surface area is 106 Å². The number of phenols is 1. The SMILES string of the molecule is COc1cc(C(CN)C(C)C)cc([N+](=O)[O-])c1O. The number of methoxy groups -OCH3 is 1. The van der Waals surface area contributed by atoms with Gasteiger partial charge in [0.05, 0.1) is 12.0 Å². The van der Waals surface area contributed by atoms with Crippen molar-refractivity contribution in [3.8, 4) is 11.5 Å². The van der Waals surface area contributed by atoms with Crippen LogP contribution in [0, 0.1) is 16.0 Å². The maximum Gasteiger partial charge on any atom is 0.314 e. The molecule has 0 spiro atoms. The Hall–Kier alpha value is -1.82. The zero-order chi connectivity index (χ0) is 13.9. The minimum atomic E-state index is -0.630. The molecular weight excluding hydrogens is 236 g/mol. The van der Waals surface area contributed by atoms with Crippen molar-refractivity contribution < 1.29 is 14.8 Å². The van der Waals surface area contributed by atoms with Crippen LogP contribution in [0.1, 0.15) is 25.3 Å². The number of hydrogen-bond acceptors (Lipinski definition) is 5. The van der Waals surface area contributed by atoms with Crippen LogP contribution in [0.15, 0.2) is 12.1 Å². The second kappa shape index (κ2) is 5.68. The van der Waals surface area contributed by atoms with Crippen LogP contribution < -0.4 is 10.5 Å². The number of hydrogen-bond donors (Lipinski definition) is 2. The first-order valence-corrected chi connectivity index (χ1v) is 5.67. The van der Waals surface area contributed by atoms with Gasteiger partial charge in [-0.3, -0.25) is 10.1 Å². The minimum Gasteiger partial charge on any atom is -0.500 e. The predicted molar refractivity (Wildman–Crippen MR) is 67.9 cm³/mol. The molecule has 0 radical (unpaired) electrons. The van der Waals surface area contributed by atoms with Crippen molar-refractivity contribution in [3.05, 3.63) is 27.8 Å². The molecule has 1 unspecified atom stereocenters. The molecule has 0 aliphatic carbocycles. The largest absolute Gasteiger partial charge is 0.500 e. The summed E-state index contributed by atoms with van der Waals surface area (Å²) in [6.45, 7) is 4.36. The average Bonchev–Trinajstić information content (AvgIpc) is 2.30. The molecular formula is C12H18N2O4. The molecule has 1 aromatic rings. The molecule has 0 aliphatic heterocycles. The topological polar surface area (TPSA) is 98.6 Å². The van der Waals surface area contributed by atoms with Crippen molar-refractivity contribution in [1.29, 1.82) is 0 Å². The molecule has 0 fully saturated rings. The highest BCUT2D eigenvalue weighted by Gasteiger charge is 2.24. The fourth-order valence-corrected chi connectivity index (χ4v) is 1.92. The third kappa shape index (κ3) is 2.70. The fourth-order valence-electron chi connectivity index (χ4n) is 1.92. The van der Waals surface area contributed by atoms with E-state index in [2.05, 4.69) is 0 Å². The highest BCUT2D eigenvalue weighted by atomic mass is 16.6. The van der Waals surface area contributed by atoms with E-state index in [0.717, 1.165) is 0 Å². The van der Waals surface area contributed by atoms with Gasteiger partial charge >= 0.3 is 5.69 Å². The van der Waals surface area contributed by atoms with Crippen LogP contribution in [0.4, 0.5) is 5.69 Å². The third-order valence-electron chi connectivity index (χ3n) is 2.98. The molecule has 18 heavy (non-hydrogen) atoms. The van der Waals surface area contributed by atoms with Gasteiger partial charge in [-0.2, -0.15) is 0 Å². The lowest BCUT2D eigenvalue weighted by molar-refractivity contribution is -0.386. The van der Waals surface area contributed by atoms with Crippen LogP contribution >= 0.6 is 0 Å². The van der Waals surface area contributed by atoms with Crippen LogP contribution in [0.2, 0.25) is 0 Å². The van der Waals surface area contributed by atoms with Crippen molar-refractivity contribution in [1.82, 2.24) is 0 Å².